The number of amides is 2. The molecule has 14 nitrogen and oxygen atoms in total. The van der Waals surface area contributed by atoms with E-state index in [0.29, 0.717) is 54.4 Å². The Morgan fingerprint density at radius 3 is 2.48 bits per heavy atom. The molecule has 286 valence electrons. The molecule has 2 amide bonds. The van der Waals surface area contributed by atoms with Crippen molar-refractivity contribution in [2.24, 2.45) is 0 Å². The topological polar surface area (TPSA) is 165 Å². The first-order chi connectivity index (χ1) is 25.5. The van der Waals surface area contributed by atoms with Crippen molar-refractivity contribution in [3.05, 3.63) is 72.0 Å². The first-order valence-electron chi connectivity index (χ1n) is 18.1. The standard InChI is InChI=1S/C38H48FN9O5Si/c1-23-20-46(37(50)51)13-14-47(23)31-12-10-26(19-40-31)30-18-28-32(41-21-42-33(28)48(30)22-52-15-16-54(6,7)8)25-9-11-27(29(39)17-25)24(2)43-34(49)35-44-36(45-53-35)38(3,4)5/h9-12,17-19,21,23-24H,13-16,20,22H2,1-8H3,(H,43,49)(H,50,51)/t23?,24-/m1/s1. The van der Waals surface area contributed by atoms with E-state index >= 15 is 4.39 Å². The number of carboxylic acid groups (broad SMARTS) is 1. The van der Waals surface area contributed by atoms with Gasteiger partial charge in [0.2, 0.25) is 0 Å². The fourth-order valence-electron chi connectivity index (χ4n) is 6.36. The van der Waals surface area contributed by atoms with Gasteiger partial charge in [0.15, 0.2) is 5.82 Å². The molecule has 16 heteroatoms. The second-order valence-corrected chi connectivity index (χ2v) is 21.7. The molecule has 0 aliphatic carbocycles. The molecule has 54 heavy (non-hydrogen) atoms. The molecule has 1 aliphatic heterocycles. The maximum absolute atomic E-state index is 15.8. The van der Waals surface area contributed by atoms with Crippen LogP contribution in [0.25, 0.3) is 33.5 Å². The maximum Gasteiger partial charge on any atom is 0.407 e. The molecule has 4 aromatic heterocycles. The summed E-state index contributed by atoms with van der Waals surface area (Å²) in [5.74, 6) is -0.127. The molecule has 0 spiro atoms. The van der Waals surface area contributed by atoms with Gasteiger partial charge in [0.05, 0.1) is 17.4 Å². The molecule has 1 aliphatic rings. The summed E-state index contributed by atoms with van der Waals surface area (Å²) in [6.45, 7) is 18.5. The maximum atomic E-state index is 15.8. The molecule has 2 atom stereocenters. The zero-order valence-corrected chi connectivity index (χ0v) is 33.1. The number of piperazine rings is 1. The average Bonchev–Trinajstić information content (AvgIpc) is 3.76. The number of anilines is 1. The summed E-state index contributed by atoms with van der Waals surface area (Å²) in [6, 6.07) is 11.0. The second-order valence-electron chi connectivity index (χ2n) is 16.0. The number of halogens is 1. The highest BCUT2D eigenvalue weighted by atomic mass is 28.3. The molecule has 1 saturated heterocycles. The average molecular weight is 758 g/mol. The van der Waals surface area contributed by atoms with Gasteiger partial charge in [0, 0.05) is 74.0 Å². The quantitative estimate of drug-likeness (QED) is 0.106. The number of fused-ring (bicyclic) bond motifs is 1. The van der Waals surface area contributed by atoms with Gasteiger partial charge in [-0.1, -0.05) is 57.7 Å². The first kappa shape index (κ1) is 38.5. The fraction of sp³-hybridized carbons (Fsp3) is 0.447. The highest BCUT2D eigenvalue weighted by Crippen LogP contribution is 2.34. The minimum absolute atomic E-state index is 0.0322. The Balaban J connectivity index is 1.29. The predicted molar refractivity (Wildman–Crippen MR) is 206 cm³/mol. The van der Waals surface area contributed by atoms with Gasteiger partial charge in [-0.3, -0.25) is 4.79 Å². The van der Waals surface area contributed by atoms with E-state index in [1.165, 1.54) is 17.3 Å². The van der Waals surface area contributed by atoms with Crippen molar-refractivity contribution in [1.29, 1.82) is 0 Å². The zero-order chi connectivity index (χ0) is 38.9. The van der Waals surface area contributed by atoms with Crippen LogP contribution < -0.4 is 10.2 Å². The Morgan fingerprint density at radius 2 is 1.85 bits per heavy atom. The second kappa shape index (κ2) is 15.3. The van der Waals surface area contributed by atoms with Crippen molar-refractivity contribution < 1.29 is 28.3 Å². The van der Waals surface area contributed by atoms with E-state index in [4.69, 9.17) is 14.2 Å². The van der Waals surface area contributed by atoms with Gasteiger partial charge in [-0.05, 0) is 44.2 Å². The van der Waals surface area contributed by atoms with Crippen LogP contribution >= 0.6 is 0 Å². The minimum atomic E-state index is -1.33. The highest BCUT2D eigenvalue weighted by molar-refractivity contribution is 6.76. The van der Waals surface area contributed by atoms with Gasteiger partial charge in [0.25, 0.3) is 0 Å². The van der Waals surface area contributed by atoms with Crippen molar-refractivity contribution >= 4 is 36.9 Å². The van der Waals surface area contributed by atoms with Crippen LogP contribution in [0.3, 0.4) is 0 Å². The van der Waals surface area contributed by atoms with Crippen LogP contribution in [-0.2, 0) is 16.9 Å². The van der Waals surface area contributed by atoms with Crippen LogP contribution in [0.15, 0.2) is 53.4 Å². The van der Waals surface area contributed by atoms with E-state index in [1.54, 1.807) is 25.3 Å². The van der Waals surface area contributed by atoms with Crippen molar-refractivity contribution in [1.82, 2.24) is 39.9 Å². The van der Waals surface area contributed by atoms with Gasteiger partial charge < -0.3 is 34.1 Å². The highest BCUT2D eigenvalue weighted by Gasteiger charge is 2.28. The zero-order valence-electron chi connectivity index (χ0n) is 32.1. The lowest BCUT2D eigenvalue weighted by Crippen LogP contribution is -2.53. The van der Waals surface area contributed by atoms with Crippen LogP contribution in [0, 0.1) is 5.82 Å². The summed E-state index contributed by atoms with van der Waals surface area (Å²) in [5, 5.41) is 16.8. The van der Waals surface area contributed by atoms with Crippen molar-refractivity contribution in [3.8, 4) is 22.5 Å². The predicted octanol–water partition coefficient (Wildman–Crippen LogP) is 6.97. The fourth-order valence-corrected chi connectivity index (χ4v) is 7.12. The van der Waals surface area contributed by atoms with E-state index in [0.717, 1.165) is 23.1 Å². The lowest BCUT2D eigenvalue weighted by molar-refractivity contribution is 0.0894. The third-order valence-corrected chi connectivity index (χ3v) is 11.2. The summed E-state index contributed by atoms with van der Waals surface area (Å²) in [6.07, 6.45) is 2.35. The van der Waals surface area contributed by atoms with E-state index < -0.39 is 37.3 Å². The largest absolute Gasteiger partial charge is 0.465 e. The Labute approximate surface area is 314 Å². The Morgan fingerprint density at radius 1 is 1.09 bits per heavy atom. The van der Waals surface area contributed by atoms with E-state index in [2.05, 4.69) is 50.0 Å². The van der Waals surface area contributed by atoms with Crippen molar-refractivity contribution in [3.63, 3.8) is 0 Å². The van der Waals surface area contributed by atoms with Crippen LogP contribution in [0.2, 0.25) is 25.7 Å². The number of hydrogen-bond donors (Lipinski definition) is 2. The van der Waals surface area contributed by atoms with E-state index in [1.807, 2.05) is 50.5 Å². The molecule has 1 unspecified atom stereocenters. The molecular formula is C38H48FN9O5Si. The summed E-state index contributed by atoms with van der Waals surface area (Å²) in [7, 11) is -1.33. The molecule has 5 aromatic rings. The number of aromatic nitrogens is 6. The summed E-state index contributed by atoms with van der Waals surface area (Å²) >= 11 is 0. The third kappa shape index (κ3) is 8.44. The van der Waals surface area contributed by atoms with Gasteiger partial charge in [-0.25, -0.2) is 24.1 Å². The lowest BCUT2D eigenvalue weighted by Gasteiger charge is -2.39. The van der Waals surface area contributed by atoms with Gasteiger partial charge in [0.1, 0.15) is 30.3 Å². The Kier molecular flexibility index (Phi) is 10.9. The van der Waals surface area contributed by atoms with Crippen LogP contribution in [-0.4, -0.2) is 92.0 Å². The van der Waals surface area contributed by atoms with Gasteiger partial charge in [-0.2, -0.15) is 4.98 Å². The van der Waals surface area contributed by atoms with Crippen molar-refractivity contribution in [2.75, 3.05) is 31.1 Å². The Bertz CT molecular complexity index is 2140. The number of nitrogens with zero attached hydrogens (tertiary/aromatic N) is 8. The van der Waals surface area contributed by atoms with Gasteiger partial charge in [-0.15, -0.1) is 0 Å². The molecule has 0 bridgehead atoms. The molecular weight excluding hydrogens is 710 g/mol. The number of rotatable bonds is 11. The number of carbonyl (C=O) groups is 2. The molecule has 6 rings (SSSR count). The summed E-state index contributed by atoms with van der Waals surface area (Å²) in [4.78, 5) is 46.1. The molecule has 5 heterocycles. The van der Waals surface area contributed by atoms with Crippen molar-refractivity contribution in [2.45, 2.75) is 84.5 Å². The minimum Gasteiger partial charge on any atom is -0.465 e. The lowest BCUT2D eigenvalue weighted by atomic mass is 9.96. The molecule has 2 N–H and O–H groups in total. The number of carbonyl (C=O) groups excluding carboxylic acids is 1. The summed E-state index contributed by atoms with van der Waals surface area (Å²) in [5.41, 5.74) is 3.24. The number of hydrogen-bond acceptors (Lipinski definition) is 10. The number of ether oxygens (including phenoxy) is 1. The molecule has 0 saturated carbocycles. The van der Waals surface area contributed by atoms with Gasteiger partial charge >= 0.3 is 17.9 Å². The molecule has 0 radical (unpaired) electrons. The molecule has 1 fully saturated rings. The van der Waals surface area contributed by atoms with Crippen LogP contribution in [0.5, 0.6) is 0 Å². The summed E-state index contributed by atoms with van der Waals surface area (Å²) < 4.78 is 29.2. The van der Waals surface area contributed by atoms with Crippen LogP contribution in [0.1, 0.15) is 62.7 Å². The van der Waals surface area contributed by atoms with E-state index in [9.17, 15) is 14.7 Å². The Hall–Kier alpha value is -5.22. The van der Waals surface area contributed by atoms with E-state index in [-0.39, 0.29) is 24.2 Å². The first-order valence-corrected chi connectivity index (χ1v) is 21.8. The molecule has 1 aromatic carbocycles. The number of nitrogens with one attached hydrogen (secondary N) is 1. The SMILES string of the molecule is CC1CN(C(=O)O)CCN1c1ccc(-c2cc3c(-c4ccc([C@@H](C)NC(=O)c5nc(C(C)(C)C)no5)c(F)c4)ncnc3n2COCC[Si](C)(C)C)cn1. The monoisotopic (exact) mass is 757 g/mol. The number of benzene rings is 1. The van der Waals surface area contributed by atoms with Crippen LogP contribution in [0.4, 0.5) is 15.0 Å². The smallest absolute Gasteiger partial charge is 0.407 e. The normalized spacial score (nSPS) is 15.8. The third-order valence-electron chi connectivity index (χ3n) is 9.52. The number of pyridine rings is 1.